The van der Waals surface area contributed by atoms with Gasteiger partial charge in [0.25, 0.3) is 11.5 Å². The summed E-state index contributed by atoms with van der Waals surface area (Å²) in [6.07, 6.45) is 1.90. The van der Waals surface area contributed by atoms with Crippen LogP contribution in [0, 0.1) is 6.92 Å². The van der Waals surface area contributed by atoms with Crippen molar-refractivity contribution in [2.24, 2.45) is 0 Å². The lowest BCUT2D eigenvalue weighted by atomic mass is 10.2. The van der Waals surface area contributed by atoms with Crippen molar-refractivity contribution in [3.05, 3.63) is 44.8 Å². The minimum atomic E-state index is -0.445. The predicted octanol–water partition coefficient (Wildman–Crippen LogP) is 1.61. The van der Waals surface area contributed by atoms with Crippen LogP contribution in [0.1, 0.15) is 16.1 Å². The molecule has 2 aromatic rings. The first-order chi connectivity index (χ1) is 10.0. The Morgan fingerprint density at radius 1 is 1.38 bits per heavy atom. The molecule has 0 aliphatic rings. The lowest BCUT2D eigenvalue weighted by Crippen LogP contribution is -2.32. The van der Waals surface area contributed by atoms with E-state index >= 15 is 0 Å². The highest BCUT2D eigenvalue weighted by Gasteiger charge is 2.11. The number of aromatic nitrogens is 3. The average Bonchev–Trinajstić information content (AvgIpc) is 2.48. The van der Waals surface area contributed by atoms with E-state index in [0.717, 1.165) is 4.90 Å². The van der Waals surface area contributed by atoms with Crippen LogP contribution in [0.4, 0.5) is 5.95 Å². The van der Waals surface area contributed by atoms with Crippen molar-refractivity contribution in [3.8, 4) is 0 Å². The first kappa shape index (κ1) is 15.3. The van der Waals surface area contributed by atoms with Crippen LogP contribution in [0.3, 0.4) is 0 Å². The van der Waals surface area contributed by atoms with Gasteiger partial charge in [0.1, 0.15) is 5.69 Å². The summed E-state index contributed by atoms with van der Waals surface area (Å²) in [4.78, 5) is 26.7. The Morgan fingerprint density at radius 2 is 2.14 bits per heavy atom. The predicted molar refractivity (Wildman–Crippen MR) is 81.7 cm³/mol. The molecule has 1 heterocycles. The van der Waals surface area contributed by atoms with Gasteiger partial charge in [0, 0.05) is 4.90 Å². The third-order valence-electron chi connectivity index (χ3n) is 2.57. The summed E-state index contributed by atoms with van der Waals surface area (Å²) in [5.74, 6) is -0.407. The zero-order valence-electron chi connectivity index (χ0n) is 11.2. The van der Waals surface area contributed by atoms with Gasteiger partial charge in [-0.1, -0.05) is 11.6 Å². The minimum absolute atomic E-state index is 0.0380. The number of amides is 1. The lowest BCUT2D eigenvalue weighted by Gasteiger charge is -2.09. The second-order valence-corrected chi connectivity index (χ2v) is 5.30. The summed E-state index contributed by atoms with van der Waals surface area (Å²) >= 11 is 7.49. The SMILES string of the molecule is CSc1ccc(Cl)c(C(=O)NNc2nnc(C)c(=O)[nH]2)c1. The normalized spacial score (nSPS) is 10.2. The smallest absolute Gasteiger partial charge is 0.274 e. The maximum Gasteiger partial charge on any atom is 0.274 e. The fourth-order valence-electron chi connectivity index (χ4n) is 1.44. The number of carbonyl (C=O) groups is 1. The van der Waals surface area contributed by atoms with Gasteiger partial charge in [0.15, 0.2) is 0 Å². The summed E-state index contributed by atoms with van der Waals surface area (Å²) < 4.78 is 0. The summed E-state index contributed by atoms with van der Waals surface area (Å²) in [5.41, 5.74) is 5.05. The van der Waals surface area contributed by atoms with Crippen molar-refractivity contribution in [3.63, 3.8) is 0 Å². The van der Waals surface area contributed by atoms with Crippen LogP contribution in [0.2, 0.25) is 5.02 Å². The van der Waals surface area contributed by atoms with E-state index < -0.39 is 5.91 Å². The van der Waals surface area contributed by atoms with E-state index in [1.54, 1.807) is 12.1 Å². The number of hydrogen-bond donors (Lipinski definition) is 3. The third kappa shape index (κ3) is 3.73. The number of carbonyl (C=O) groups excluding carboxylic acids is 1. The highest BCUT2D eigenvalue weighted by molar-refractivity contribution is 7.98. The quantitative estimate of drug-likeness (QED) is 0.583. The maximum atomic E-state index is 12.1. The number of hydrazine groups is 1. The number of rotatable bonds is 4. The largest absolute Gasteiger partial charge is 0.288 e. The second-order valence-electron chi connectivity index (χ2n) is 4.01. The van der Waals surface area contributed by atoms with Crippen molar-refractivity contribution < 1.29 is 4.79 Å². The Bertz CT molecular complexity index is 734. The van der Waals surface area contributed by atoms with Gasteiger partial charge in [-0.3, -0.25) is 25.4 Å². The topological polar surface area (TPSA) is 99.8 Å². The fourth-order valence-corrected chi connectivity index (χ4v) is 2.08. The number of nitrogens with one attached hydrogen (secondary N) is 3. The van der Waals surface area contributed by atoms with Crippen LogP contribution in [-0.4, -0.2) is 27.3 Å². The van der Waals surface area contributed by atoms with Gasteiger partial charge >= 0.3 is 0 Å². The molecule has 0 radical (unpaired) electrons. The minimum Gasteiger partial charge on any atom is -0.288 e. The molecule has 1 aromatic carbocycles. The van der Waals surface area contributed by atoms with Gasteiger partial charge in [0.05, 0.1) is 10.6 Å². The number of aromatic amines is 1. The number of aryl methyl sites for hydroxylation is 1. The number of anilines is 1. The van der Waals surface area contributed by atoms with E-state index in [9.17, 15) is 9.59 Å². The molecule has 1 aromatic heterocycles. The van der Waals surface area contributed by atoms with E-state index in [2.05, 4.69) is 26.0 Å². The number of nitrogens with zero attached hydrogens (tertiary/aromatic N) is 2. The summed E-state index contributed by atoms with van der Waals surface area (Å²) in [7, 11) is 0. The van der Waals surface area contributed by atoms with Crippen LogP contribution >= 0.6 is 23.4 Å². The summed E-state index contributed by atoms with van der Waals surface area (Å²) in [5, 5.41) is 7.66. The van der Waals surface area contributed by atoms with Gasteiger partial charge in [-0.2, -0.15) is 0 Å². The van der Waals surface area contributed by atoms with Crippen LogP contribution in [0.25, 0.3) is 0 Å². The van der Waals surface area contributed by atoms with Crippen molar-refractivity contribution in [2.75, 3.05) is 11.7 Å². The standard InChI is InChI=1S/C12H12ClN5O2S/c1-6-10(19)14-12(17-15-6)18-16-11(20)8-5-7(21-2)3-4-9(8)13/h3-5H,1-2H3,(H,16,20)(H2,14,17,18,19). The Hall–Kier alpha value is -2.06. The first-order valence-electron chi connectivity index (χ1n) is 5.84. The summed E-state index contributed by atoms with van der Waals surface area (Å²) in [6, 6.07) is 5.14. The lowest BCUT2D eigenvalue weighted by molar-refractivity contribution is 0.0962. The molecule has 0 bridgehead atoms. The molecule has 0 saturated heterocycles. The molecule has 0 aliphatic heterocycles. The molecule has 110 valence electrons. The van der Waals surface area contributed by atoms with Crippen LogP contribution in [0.15, 0.2) is 27.9 Å². The third-order valence-corrected chi connectivity index (χ3v) is 3.63. The number of hydrogen-bond acceptors (Lipinski definition) is 6. The monoisotopic (exact) mass is 325 g/mol. The molecular weight excluding hydrogens is 314 g/mol. The Morgan fingerprint density at radius 3 is 2.81 bits per heavy atom. The Labute approximate surface area is 129 Å². The van der Waals surface area contributed by atoms with Crippen LogP contribution < -0.4 is 16.4 Å². The molecule has 2 rings (SSSR count). The highest BCUT2D eigenvalue weighted by Crippen LogP contribution is 2.22. The van der Waals surface area contributed by atoms with Gasteiger partial charge < -0.3 is 0 Å². The van der Waals surface area contributed by atoms with Crippen molar-refractivity contribution in [1.82, 2.24) is 20.6 Å². The van der Waals surface area contributed by atoms with Crippen LogP contribution in [0.5, 0.6) is 0 Å². The highest BCUT2D eigenvalue weighted by atomic mass is 35.5. The maximum absolute atomic E-state index is 12.1. The number of benzene rings is 1. The van der Waals surface area contributed by atoms with Gasteiger partial charge in [-0.15, -0.1) is 22.0 Å². The molecule has 9 heteroatoms. The molecule has 0 spiro atoms. The van der Waals surface area contributed by atoms with E-state index in [1.165, 1.54) is 18.7 Å². The van der Waals surface area contributed by atoms with E-state index in [4.69, 9.17) is 11.6 Å². The van der Waals surface area contributed by atoms with Gasteiger partial charge in [-0.25, -0.2) is 0 Å². The molecule has 0 aliphatic carbocycles. The number of thioether (sulfide) groups is 1. The van der Waals surface area contributed by atoms with E-state index in [1.807, 2.05) is 12.3 Å². The molecule has 0 atom stereocenters. The average molecular weight is 326 g/mol. The second kappa shape index (κ2) is 6.59. The van der Waals surface area contributed by atoms with Crippen molar-refractivity contribution in [1.29, 1.82) is 0 Å². The molecule has 7 nitrogen and oxygen atoms in total. The Balaban J connectivity index is 2.11. The molecular formula is C12H12ClN5O2S. The molecule has 0 unspecified atom stereocenters. The zero-order valence-corrected chi connectivity index (χ0v) is 12.8. The van der Waals surface area contributed by atoms with Crippen molar-refractivity contribution >= 4 is 35.2 Å². The molecule has 21 heavy (non-hydrogen) atoms. The van der Waals surface area contributed by atoms with Crippen LogP contribution in [-0.2, 0) is 0 Å². The fraction of sp³-hybridized carbons (Fsp3) is 0.167. The number of H-pyrrole nitrogens is 1. The summed E-state index contributed by atoms with van der Waals surface area (Å²) in [6.45, 7) is 1.53. The molecule has 0 saturated carbocycles. The number of halogens is 1. The zero-order chi connectivity index (χ0) is 15.4. The van der Waals surface area contributed by atoms with E-state index in [-0.39, 0.29) is 17.2 Å². The molecule has 1 amide bonds. The Kier molecular flexibility index (Phi) is 4.81. The van der Waals surface area contributed by atoms with Gasteiger partial charge in [0.2, 0.25) is 5.95 Å². The van der Waals surface area contributed by atoms with Crippen molar-refractivity contribution in [2.45, 2.75) is 11.8 Å². The van der Waals surface area contributed by atoms with E-state index in [0.29, 0.717) is 10.6 Å². The molecule has 0 fully saturated rings. The first-order valence-corrected chi connectivity index (χ1v) is 7.45. The van der Waals surface area contributed by atoms with Gasteiger partial charge in [-0.05, 0) is 31.4 Å². The molecule has 3 N–H and O–H groups in total.